The van der Waals surface area contributed by atoms with Gasteiger partial charge in [0.25, 0.3) is 0 Å². The number of nitrogens with zero attached hydrogens (tertiary/aromatic N) is 2. The minimum absolute atomic E-state index is 0.313. The van der Waals surface area contributed by atoms with Gasteiger partial charge in [-0.1, -0.05) is 0 Å². The second-order valence-electron chi connectivity index (χ2n) is 7.34. The van der Waals surface area contributed by atoms with Gasteiger partial charge >= 0.3 is 0 Å². The molecule has 126 valence electrons. The topological polar surface area (TPSA) is 42.0 Å². The van der Waals surface area contributed by atoms with E-state index in [4.69, 9.17) is 9.47 Å². The zero-order valence-electron chi connectivity index (χ0n) is 13.9. The van der Waals surface area contributed by atoms with Crippen molar-refractivity contribution in [1.29, 1.82) is 0 Å². The molecule has 0 unspecified atom stereocenters. The molecule has 0 saturated carbocycles. The Morgan fingerprint density at radius 3 is 2.82 bits per heavy atom. The van der Waals surface area contributed by atoms with E-state index in [1.807, 2.05) is 4.90 Å². The van der Waals surface area contributed by atoms with Crippen LogP contribution in [-0.4, -0.2) is 75.4 Å². The van der Waals surface area contributed by atoms with Gasteiger partial charge in [-0.05, 0) is 50.1 Å². The molecular formula is C17H30N2O3. The van der Waals surface area contributed by atoms with Crippen LogP contribution in [0.1, 0.15) is 32.1 Å². The fourth-order valence-corrected chi connectivity index (χ4v) is 4.22. The molecule has 1 amide bonds. The van der Waals surface area contributed by atoms with E-state index in [1.54, 1.807) is 7.11 Å². The van der Waals surface area contributed by atoms with Gasteiger partial charge in [-0.15, -0.1) is 0 Å². The third-order valence-electron chi connectivity index (χ3n) is 5.77. The molecule has 0 aromatic carbocycles. The maximum absolute atomic E-state index is 12.1. The minimum Gasteiger partial charge on any atom is -0.383 e. The molecule has 0 bridgehead atoms. The molecule has 0 aliphatic carbocycles. The number of hydrogen-bond acceptors (Lipinski definition) is 4. The van der Waals surface area contributed by atoms with Crippen LogP contribution in [0.2, 0.25) is 0 Å². The number of rotatable bonds is 5. The summed E-state index contributed by atoms with van der Waals surface area (Å²) in [5.74, 6) is 1.05. The number of carbonyl (C=O) groups excluding carboxylic acids is 1. The first-order chi connectivity index (χ1) is 10.7. The lowest BCUT2D eigenvalue weighted by Gasteiger charge is -2.47. The van der Waals surface area contributed by atoms with Crippen LogP contribution in [0, 0.1) is 11.3 Å². The summed E-state index contributed by atoms with van der Waals surface area (Å²) in [6.45, 7) is 7.79. The number of ether oxygens (including phenoxy) is 2. The van der Waals surface area contributed by atoms with Crippen molar-refractivity contribution in [2.45, 2.75) is 32.1 Å². The van der Waals surface area contributed by atoms with Gasteiger partial charge in [-0.25, -0.2) is 0 Å². The van der Waals surface area contributed by atoms with Gasteiger partial charge in [-0.2, -0.15) is 0 Å². The Bertz CT molecular complexity index is 374. The molecule has 5 heteroatoms. The van der Waals surface area contributed by atoms with Gasteiger partial charge in [0.15, 0.2) is 0 Å². The Kier molecular flexibility index (Phi) is 5.37. The summed E-state index contributed by atoms with van der Waals surface area (Å²) in [4.78, 5) is 16.7. The summed E-state index contributed by atoms with van der Waals surface area (Å²) in [6, 6.07) is 0. The Labute approximate surface area is 133 Å². The fourth-order valence-electron chi connectivity index (χ4n) is 4.22. The first-order valence-corrected chi connectivity index (χ1v) is 8.78. The van der Waals surface area contributed by atoms with E-state index in [1.165, 1.54) is 38.9 Å². The van der Waals surface area contributed by atoms with E-state index in [9.17, 15) is 4.79 Å². The van der Waals surface area contributed by atoms with Gasteiger partial charge in [0.05, 0.1) is 13.2 Å². The van der Waals surface area contributed by atoms with E-state index in [0.717, 1.165) is 45.1 Å². The molecule has 1 atom stereocenters. The summed E-state index contributed by atoms with van der Waals surface area (Å²) in [5, 5.41) is 0. The summed E-state index contributed by atoms with van der Waals surface area (Å²) in [5.41, 5.74) is 0.365. The molecule has 0 N–H and O–H groups in total. The standard InChI is InChI=1S/C17H30N2O3/c1-21-11-9-19-14-17(4-2-16(19)20)5-7-18(8-6-17)12-15-3-10-22-13-15/h15H,2-14H2,1H3/t15-/m1/s1. The van der Waals surface area contributed by atoms with Crippen LogP contribution in [0.4, 0.5) is 0 Å². The molecule has 0 aromatic heterocycles. The van der Waals surface area contributed by atoms with Crippen molar-refractivity contribution in [1.82, 2.24) is 9.80 Å². The van der Waals surface area contributed by atoms with Crippen LogP contribution < -0.4 is 0 Å². The van der Waals surface area contributed by atoms with Gasteiger partial charge in [0.2, 0.25) is 5.91 Å². The molecule has 3 aliphatic heterocycles. The lowest BCUT2D eigenvalue weighted by molar-refractivity contribution is -0.140. The van der Waals surface area contributed by atoms with Crippen molar-refractivity contribution in [2.75, 3.05) is 59.7 Å². The van der Waals surface area contributed by atoms with Crippen LogP contribution in [-0.2, 0) is 14.3 Å². The molecule has 5 nitrogen and oxygen atoms in total. The lowest BCUT2D eigenvalue weighted by atomic mass is 9.72. The smallest absolute Gasteiger partial charge is 0.222 e. The first kappa shape index (κ1) is 16.2. The van der Waals surface area contributed by atoms with E-state index in [-0.39, 0.29) is 0 Å². The molecule has 3 saturated heterocycles. The maximum Gasteiger partial charge on any atom is 0.222 e. The number of carbonyl (C=O) groups is 1. The normalized spacial score (nSPS) is 29.4. The lowest BCUT2D eigenvalue weighted by Crippen LogP contribution is -2.52. The maximum atomic E-state index is 12.1. The average Bonchev–Trinajstić information content (AvgIpc) is 3.04. The molecule has 1 spiro atoms. The predicted molar refractivity (Wildman–Crippen MR) is 84.7 cm³/mol. The largest absolute Gasteiger partial charge is 0.383 e. The van der Waals surface area contributed by atoms with Crippen molar-refractivity contribution in [2.24, 2.45) is 11.3 Å². The van der Waals surface area contributed by atoms with Crippen molar-refractivity contribution >= 4 is 5.91 Å². The molecule has 3 heterocycles. The SMILES string of the molecule is COCCN1CC2(CCC1=O)CCN(C[C@H]1CCOC1)CC2. The Balaban J connectivity index is 1.49. The molecule has 3 fully saturated rings. The summed E-state index contributed by atoms with van der Waals surface area (Å²) < 4.78 is 10.6. The minimum atomic E-state index is 0.313. The van der Waals surface area contributed by atoms with E-state index < -0.39 is 0 Å². The van der Waals surface area contributed by atoms with Gasteiger partial charge < -0.3 is 19.3 Å². The molecule has 3 aliphatic rings. The van der Waals surface area contributed by atoms with Crippen LogP contribution in [0.3, 0.4) is 0 Å². The highest BCUT2D eigenvalue weighted by atomic mass is 16.5. The number of piperidine rings is 2. The van der Waals surface area contributed by atoms with E-state index in [2.05, 4.69) is 4.90 Å². The summed E-state index contributed by atoms with van der Waals surface area (Å²) >= 11 is 0. The highest BCUT2D eigenvalue weighted by Crippen LogP contribution is 2.40. The highest BCUT2D eigenvalue weighted by Gasteiger charge is 2.41. The molecule has 0 radical (unpaired) electrons. The number of likely N-dealkylation sites (tertiary alicyclic amines) is 2. The number of methoxy groups -OCH3 is 1. The average molecular weight is 310 g/mol. The molecular weight excluding hydrogens is 280 g/mol. The van der Waals surface area contributed by atoms with Crippen LogP contribution >= 0.6 is 0 Å². The zero-order chi connectivity index (χ0) is 15.4. The van der Waals surface area contributed by atoms with Crippen LogP contribution in [0.5, 0.6) is 0 Å². The van der Waals surface area contributed by atoms with Gasteiger partial charge in [-0.3, -0.25) is 4.79 Å². The van der Waals surface area contributed by atoms with Gasteiger partial charge in [0, 0.05) is 39.8 Å². The van der Waals surface area contributed by atoms with Gasteiger partial charge in [0.1, 0.15) is 0 Å². The number of amides is 1. The third kappa shape index (κ3) is 3.81. The van der Waals surface area contributed by atoms with E-state index in [0.29, 0.717) is 17.9 Å². The van der Waals surface area contributed by atoms with E-state index >= 15 is 0 Å². The molecule has 0 aromatic rings. The van der Waals surface area contributed by atoms with Crippen molar-refractivity contribution < 1.29 is 14.3 Å². The van der Waals surface area contributed by atoms with Crippen LogP contribution in [0.25, 0.3) is 0 Å². The zero-order valence-corrected chi connectivity index (χ0v) is 13.9. The van der Waals surface area contributed by atoms with Crippen molar-refractivity contribution in [3.05, 3.63) is 0 Å². The highest BCUT2D eigenvalue weighted by molar-refractivity contribution is 5.77. The Morgan fingerprint density at radius 1 is 1.32 bits per heavy atom. The quantitative estimate of drug-likeness (QED) is 0.769. The predicted octanol–water partition coefficient (Wildman–Crippen LogP) is 1.37. The molecule has 3 rings (SSSR count). The third-order valence-corrected chi connectivity index (χ3v) is 5.77. The Morgan fingerprint density at radius 2 is 2.14 bits per heavy atom. The second kappa shape index (κ2) is 7.28. The van der Waals surface area contributed by atoms with Crippen molar-refractivity contribution in [3.63, 3.8) is 0 Å². The summed E-state index contributed by atoms with van der Waals surface area (Å²) in [6.07, 6.45) is 5.49. The van der Waals surface area contributed by atoms with Crippen LogP contribution in [0.15, 0.2) is 0 Å². The summed E-state index contributed by atoms with van der Waals surface area (Å²) in [7, 11) is 1.70. The molecule has 22 heavy (non-hydrogen) atoms. The fraction of sp³-hybridized carbons (Fsp3) is 0.941. The first-order valence-electron chi connectivity index (χ1n) is 8.78. The monoisotopic (exact) mass is 310 g/mol. The van der Waals surface area contributed by atoms with Crippen molar-refractivity contribution in [3.8, 4) is 0 Å². The number of hydrogen-bond donors (Lipinski definition) is 0. The second-order valence-corrected chi connectivity index (χ2v) is 7.34. The Hall–Kier alpha value is -0.650.